The van der Waals surface area contributed by atoms with Crippen LogP contribution in [0.5, 0.6) is 0 Å². The van der Waals surface area contributed by atoms with Crippen LogP contribution < -0.4 is 0 Å². The third kappa shape index (κ3) is 5.60. The smallest absolute Gasteiger partial charge is 0.264 e. The van der Waals surface area contributed by atoms with Gasteiger partial charge in [-0.25, -0.2) is 0 Å². The summed E-state index contributed by atoms with van der Waals surface area (Å²) in [5.74, 6) is 0. The molecule has 1 saturated carbocycles. The lowest BCUT2D eigenvalue weighted by atomic mass is 10.1. The van der Waals surface area contributed by atoms with Crippen LogP contribution in [0, 0.1) is 0 Å². The van der Waals surface area contributed by atoms with E-state index in [1.807, 2.05) is 0 Å². The van der Waals surface area contributed by atoms with Gasteiger partial charge in [-0.1, -0.05) is 38.5 Å². The molecule has 0 unspecified atom stereocenters. The van der Waals surface area contributed by atoms with Crippen molar-refractivity contribution in [3.05, 3.63) is 0 Å². The van der Waals surface area contributed by atoms with Crippen molar-refractivity contribution >= 4 is 10.1 Å². The second-order valence-corrected chi connectivity index (χ2v) is 5.72. The van der Waals surface area contributed by atoms with E-state index in [1.165, 1.54) is 25.7 Å². The first-order valence-corrected chi connectivity index (χ1v) is 7.28. The topological polar surface area (TPSA) is 43.4 Å². The summed E-state index contributed by atoms with van der Waals surface area (Å²) >= 11 is 0. The molecule has 0 spiro atoms. The lowest BCUT2D eigenvalue weighted by Gasteiger charge is -2.14. The van der Waals surface area contributed by atoms with Crippen molar-refractivity contribution in [1.82, 2.24) is 0 Å². The Balaban J connectivity index is 2.40. The average Bonchev–Trinajstić information content (AvgIpc) is 2.15. The summed E-state index contributed by atoms with van der Waals surface area (Å²) in [5.41, 5.74) is 0. The molecular weight excluding hydrogens is 200 g/mol. The molecular formula is C10H20O3S. The quantitative estimate of drug-likeness (QED) is 0.671. The Morgan fingerprint density at radius 2 is 1.36 bits per heavy atom. The largest absolute Gasteiger partial charge is 0.267 e. The first-order valence-electron chi connectivity index (χ1n) is 5.46. The van der Waals surface area contributed by atoms with E-state index in [-0.39, 0.29) is 6.10 Å². The summed E-state index contributed by atoms with van der Waals surface area (Å²) in [6.07, 6.45) is 10.0. The monoisotopic (exact) mass is 220 g/mol. The predicted molar refractivity (Wildman–Crippen MR) is 56.7 cm³/mol. The molecule has 0 saturated heterocycles. The standard InChI is InChI=1S/C10H20O3S/c1-14(11,12)13-10-8-6-4-2-3-5-7-9-10/h10H,2-9H2,1H3. The molecule has 0 aromatic heterocycles. The summed E-state index contributed by atoms with van der Waals surface area (Å²) in [4.78, 5) is 0. The fourth-order valence-corrected chi connectivity index (χ4v) is 2.63. The van der Waals surface area contributed by atoms with Gasteiger partial charge >= 0.3 is 0 Å². The van der Waals surface area contributed by atoms with Gasteiger partial charge in [0, 0.05) is 0 Å². The molecule has 0 aromatic rings. The van der Waals surface area contributed by atoms with Gasteiger partial charge in [0.25, 0.3) is 10.1 Å². The zero-order valence-corrected chi connectivity index (χ0v) is 9.68. The number of hydrogen-bond donors (Lipinski definition) is 0. The zero-order chi connectivity index (χ0) is 10.4. The summed E-state index contributed by atoms with van der Waals surface area (Å²) in [6, 6.07) is 0. The predicted octanol–water partition coefficient (Wildman–Crippen LogP) is 2.47. The van der Waals surface area contributed by atoms with E-state index in [4.69, 9.17) is 4.18 Å². The minimum Gasteiger partial charge on any atom is -0.267 e. The number of hydrogen-bond acceptors (Lipinski definition) is 3. The maximum absolute atomic E-state index is 11.0. The van der Waals surface area contributed by atoms with Gasteiger partial charge in [-0.05, 0) is 12.8 Å². The van der Waals surface area contributed by atoms with Crippen molar-refractivity contribution < 1.29 is 12.6 Å². The van der Waals surface area contributed by atoms with E-state index in [0.29, 0.717) is 0 Å². The SMILES string of the molecule is CS(=O)(=O)OC1CCCCCCCC1. The number of rotatable bonds is 2. The Morgan fingerprint density at radius 3 is 1.79 bits per heavy atom. The van der Waals surface area contributed by atoms with Gasteiger partial charge in [0.1, 0.15) is 0 Å². The zero-order valence-electron chi connectivity index (χ0n) is 8.87. The van der Waals surface area contributed by atoms with Crippen molar-refractivity contribution in [3.63, 3.8) is 0 Å². The lowest BCUT2D eigenvalue weighted by Crippen LogP contribution is -2.17. The van der Waals surface area contributed by atoms with Crippen molar-refractivity contribution in [2.45, 2.75) is 57.5 Å². The Hall–Kier alpha value is -0.0900. The molecule has 0 amide bonds. The van der Waals surface area contributed by atoms with E-state index >= 15 is 0 Å². The van der Waals surface area contributed by atoms with E-state index in [0.717, 1.165) is 31.9 Å². The lowest BCUT2D eigenvalue weighted by molar-refractivity contribution is 0.185. The highest BCUT2D eigenvalue weighted by Crippen LogP contribution is 2.20. The van der Waals surface area contributed by atoms with Gasteiger partial charge in [-0.3, -0.25) is 4.18 Å². The van der Waals surface area contributed by atoms with E-state index in [9.17, 15) is 8.42 Å². The highest BCUT2D eigenvalue weighted by atomic mass is 32.2. The van der Waals surface area contributed by atoms with Gasteiger partial charge < -0.3 is 0 Å². The second kappa shape index (κ2) is 5.71. The molecule has 1 aliphatic rings. The van der Waals surface area contributed by atoms with Crippen LogP contribution >= 0.6 is 0 Å². The molecule has 84 valence electrons. The molecule has 0 atom stereocenters. The minimum atomic E-state index is -3.26. The fourth-order valence-electron chi connectivity index (χ4n) is 1.94. The summed E-state index contributed by atoms with van der Waals surface area (Å²) in [7, 11) is -3.26. The molecule has 1 rings (SSSR count). The molecule has 0 heterocycles. The highest BCUT2D eigenvalue weighted by molar-refractivity contribution is 7.86. The van der Waals surface area contributed by atoms with E-state index < -0.39 is 10.1 Å². The molecule has 0 aromatic carbocycles. The Morgan fingerprint density at radius 1 is 0.929 bits per heavy atom. The third-order valence-electron chi connectivity index (χ3n) is 2.61. The molecule has 4 heteroatoms. The normalized spacial score (nSPS) is 22.4. The van der Waals surface area contributed by atoms with Crippen molar-refractivity contribution in [2.24, 2.45) is 0 Å². The average molecular weight is 220 g/mol. The van der Waals surface area contributed by atoms with Gasteiger partial charge in [-0.15, -0.1) is 0 Å². The van der Waals surface area contributed by atoms with Gasteiger partial charge in [0.05, 0.1) is 12.4 Å². The van der Waals surface area contributed by atoms with Crippen molar-refractivity contribution in [2.75, 3.05) is 6.26 Å². The Labute approximate surface area is 87.0 Å². The van der Waals surface area contributed by atoms with Crippen LogP contribution in [0.4, 0.5) is 0 Å². The summed E-state index contributed by atoms with van der Waals surface area (Å²) in [6.45, 7) is 0. The first-order chi connectivity index (χ1) is 6.58. The van der Waals surface area contributed by atoms with Gasteiger partial charge in [0.2, 0.25) is 0 Å². The first kappa shape index (κ1) is 12.0. The van der Waals surface area contributed by atoms with Crippen LogP contribution in [-0.2, 0) is 14.3 Å². The van der Waals surface area contributed by atoms with Gasteiger partial charge in [-0.2, -0.15) is 8.42 Å². The molecule has 1 fully saturated rings. The highest BCUT2D eigenvalue weighted by Gasteiger charge is 2.15. The van der Waals surface area contributed by atoms with Crippen LogP contribution in [-0.4, -0.2) is 20.8 Å². The van der Waals surface area contributed by atoms with E-state index in [2.05, 4.69) is 0 Å². The molecule has 0 bridgehead atoms. The summed E-state index contributed by atoms with van der Waals surface area (Å²) in [5, 5.41) is 0. The van der Waals surface area contributed by atoms with Crippen LogP contribution in [0.1, 0.15) is 51.4 Å². The molecule has 14 heavy (non-hydrogen) atoms. The van der Waals surface area contributed by atoms with Crippen LogP contribution in [0.3, 0.4) is 0 Å². The maximum atomic E-state index is 11.0. The Bertz CT molecular complexity index is 236. The fraction of sp³-hybridized carbons (Fsp3) is 1.00. The van der Waals surface area contributed by atoms with Crippen LogP contribution in [0.15, 0.2) is 0 Å². The van der Waals surface area contributed by atoms with E-state index in [1.54, 1.807) is 0 Å². The molecule has 0 N–H and O–H groups in total. The summed E-state index contributed by atoms with van der Waals surface area (Å²) < 4.78 is 27.0. The minimum absolute atomic E-state index is 0.0666. The molecule has 0 radical (unpaired) electrons. The molecule has 3 nitrogen and oxygen atoms in total. The second-order valence-electron chi connectivity index (χ2n) is 4.12. The van der Waals surface area contributed by atoms with Crippen molar-refractivity contribution in [3.8, 4) is 0 Å². The van der Waals surface area contributed by atoms with Crippen molar-refractivity contribution in [1.29, 1.82) is 0 Å². The Kier molecular flexibility index (Phi) is 4.89. The van der Waals surface area contributed by atoms with Crippen LogP contribution in [0.2, 0.25) is 0 Å². The van der Waals surface area contributed by atoms with Crippen LogP contribution in [0.25, 0.3) is 0 Å². The molecule has 1 aliphatic carbocycles. The van der Waals surface area contributed by atoms with Gasteiger partial charge in [0.15, 0.2) is 0 Å². The third-order valence-corrected chi connectivity index (χ3v) is 3.23. The maximum Gasteiger partial charge on any atom is 0.264 e. The molecule has 0 aliphatic heterocycles.